The first kappa shape index (κ1) is 17.1. The van der Waals surface area contributed by atoms with Gasteiger partial charge in [-0.1, -0.05) is 30.3 Å². The van der Waals surface area contributed by atoms with Gasteiger partial charge in [0, 0.05) is 31.1 Å². The lowest BCUT2D eigenvalue weighted by atomic mass is 10.2. The molecule has 0 radical (unpaired) electrons. The van der Waals surface area contributed by atoms with E-state index in [2.05, 4.69) is 10.3 Å². The monoisotopic (exact) mass is 339 g/mol. The molecule has 1 heterocycles. The minimum absolute atomic E-state index is 0.0930. The van der Waals surface area contributed by atoms with Crippen molar-refractivity contribution in [3.63, 3.8) is 0 Å². The SMILES string of the molecule is CC(NCCN(C)S(C)(=O)=O)c1nc(-c2ccccc2)cs1. The van der Waals surface area contributed by atoms with Crippen LogP contribution in [0.15, 0.2) is 35.7 Å². The zero-order valence-corrected chi connectivity index (χ0v) is 14.6. The van der Waals surface area contributed by atoms with Crippen LogP contribution in [0, 0.1) is 0 Å². The van der Waals surface area contributed by atoms with Crippen LogP contribution >= 0.6 is 11.3 Å². The number of hydrogen-bond acceptors (Lipinski definition) is 5. The highest BCUT2D eigenvalue weighted by Gasteiger charge is 2.13. The number of thiazole rings is 1. The van der Waals surface area contributed by atoms with Crippen LogP contribution in [0.3, 0.4) is 0 Å². The topological polar surface area (TPSA) is 62.3 Å². The van der Waals surface area contributed by atoms with Gasteiger partial charge in [0.2, 0.25) is 10.0 Å². The van der Waals surface area contributed by atoms with Crippen molar-refractivity contribution in [2.45, 2.75) is 13.0 Å². The molecule has 0 saturated carbocycles. The van der Waals surface area contributed by atoms with Gasteiger partial charge in [0.25, 0.3) is 0 Å². The van der Waals surface area contributed by atoms with E-state index in [0.29, 0.717) is 13.1 Å². The van der Waals surface area contributed by atoms with Gasteiger partial charge in [0.1, 0.15) is 5.01 Å². The summed E-state index contributed by atoms with van der Waals surface area (Å²) in [5.41, 5.74) is 2.08. The number of rotatable bonds is 7. The predicted octanol–water partition coefficient (Wildman–Crippen LogP) is 2.35. The summed E-state index contributed by atoms with van der Waals surface area (Å²) in [7, 11) is -1.54. The van der Waals surface area contributed by atoms with E-state index in [9.17, 15) is 8.42 Å². The van der Waals surface area contributed by atoms with Crippen LogP contribution in [-0.2, 0) is 10.0 Å². The van der Waals surface area contributed by atoms with Gasteiger partial charge in [-0.3, -0.25) is 0 Å². The van der Waals surface area contributed by atoms with E-state index < -0.39 is 10.0 Å². The maximum atomic E-state index is 11.3. The molecule has 1 atom stereocenters. The molecular weight excluding hydrogens is 318 g/mol. The summed E-state index contributed by atoms with van der Waals surface area (Å²) in [6.45, 7) is 3.07. The summed E-state index contributed by atoms with van der Waals surface area (Å²) in [5.74, 6) is 0. The summed E-state index contributed by atoms with van der Waals surface area (Å²) >= 11 is 1.61. The van der Waals surface area contributed by atoms with Gasteiger partial charge >= 0.3 is 0 Å². The van der Waals surface area contributed by atoms with Crippen molar-refractivity contribution in [1.29, 1.82) is 0 Å². The fraction of sp³-hybridized carbons (Fsp3) is 0.400. The Labute approximate surface area is 136 Å². The molecule has 5 nitrogen and oxygen atoms in total. The highest BCUT2D eigenvalue weighted by atomic mass is 32.2. The van der Waals surface area contributed by atoms with Crippen LogP contribution in [0.25, 0.3) is 11.3 Å². The van der Waals surface area contributed by atoms with E-state index in [-0.39, 0.29) is 6.04 Å². The molecule has 1 N–H and O–H groups in total. The van der Waals surface area contributed by atoms with Gasteiger partial charge in [-0.05, 0) is 6.92 Å². The van der Waals surface area contributed by atoms with Crippen LogP contribution in [0.1, 0.15) is 18.0 Å². The lowest BCUT2D eigenvalue weighted by Gasteiger charge is -2.16. The summed E-state index contributed by atoms with van der Waals surface area (Å²) < 4.78 is 24.0. The first-order valence-corrected chi connectivity index (χ1v) is 9.76. The first-order chi connectivity index (χ1) is 10.4. The standard InChI is InChI=1S/C15H21N3O2S2/c1-12(16-9-10-18(2)22(3,19)20)15-17-14(11-21-15)13-7-5-4-6-8-13/h4-8,11-12,16H,9-10H2,1-3H3. The van der Waals surface area contributed by atoms with Gasteiger partial charge in [-0.25, -0.2) is 17.7 Å². The van der Waals surface area contributed by atoms with Crippen molar-refractivity contribution < 1.29 is 8.42 Å². The average molecular weight is 339 g/mol. The van der Waals surface area contributed by atoms with Crippen molar-refractivity contribution in [1.82, 2.24) is 14.6 Å². The molecule has 0 aliphatic carbocycles. The number of hydrogen-bond donors (Lipinski definition) is 1. The molecule has 1 aromatic carbocycles. The van der Waals surface area contributed by atoms with Crippen molar-refractivity contribution >= 4 is 21.4 Å². The fourth-order valence-electron chi connectivity index (χ4n) is 1.92. The zero-order valence-electron chi connectivity index (χ0n) is 13.0. The van der Waals surface area contributed by atoms with E-state index in [1.54, 1.807) is 18.4 Å². The third kappa shape index (κ3) is 4.61. The second-order valence-electron chi connectivity index (χ2n) is 5.20. The largest absolute Gasteiger partial charge is 0.307 e. The van der Waals surface area contributed by atoms with Gasteiger partial charge in [0.05, 0.1) is 18.0 Å². The average Bonchev–Trinajstić information content (AvgIpc) is 2.97. The molecule has 0 amide bonds. The molecule has 0 bridgehead atoms. The van der Waals surface area contributed by atoms with Gasteiger partial charge in [-0.2, -0.15) is 0 Å². The molecule has 2 aromatic rings. The number of sulfonamides is 1. The van der Waals surface area contributed by atoms with Crippen molar-refractivity contribution in [2.24, 2.45) is 0 Å². The molecule has 0 saturated heterocycles. The van der Waals surface area contributed by atoms with E-state index in [1.807, 2.05) is 42.6 Å². The molecule has 0 aliphatic rings. The molecule has 1 aromatic heterocycles. The highest BCUT2D eigenvalue weighted by molar-refractivity contribution is 7.88. The molecule has 1 unspecified atom stereocenters. The molecule has 0 aliphatic heterocycles. The van der Waals surface area contributed by atoms with Crippen molar-refractivity contribution in [3.8, 4) is 11.3 Å². The highest BCUT2D eigenvalue weighted by Crippen LogP contribution is 2.25. The Kier molecular flexibility index (Phi) is 5.69. The Bertz CT molecular complexity index is 699. The van der Waals surface area contributed by atoms with Crippen LogP contribution in [0.2, 0.25) is 0 Å². The smallest absolute Gasteiger partial charge is 0.210 e. The molecular formula is C15H21N3O2S2. The maximum Gasteiger partial charge on any atom is 0.210 e. The van der Waals surface area contributed by atoms with E-state index >= 15 is 0 Å². The zero-order chi connectivity index (χ0) is 16.2. The molecule has 0 spiro atoms. The van der Waals surface area contributed by atoms with E-state index in [1.165, 1.54) is 10.6 Å². The van der Waals surface area contributed by atoms with E-state index in [4.69, 9.17) is 0 Å². The van der Waals surface area contributed by atoms with Crippen molar-refractivity contribution in [2.75, 3.05) is 26.4 Å². The summed E-state index contributed by atoms with van der Waals surface area (Å²) in [6.07, 6.45) is 1.21. The molecule has 22 heavy (non-hydrogen) atoms. The Balaban J connectivity index is 1.91. The lowest BCUT2D eigenvalue weighted by molar-refractivity contribution is 0.448. The van der Waals surface area contributed by atoms with E-state index in [0.717, 1.165) is 16.3 Å². The van der Waals surface area contributed by atoms with Gasteiger partial charge in [-0.15, -0.1) is 11.3 Å². The number of likely N-dealkylation sites (N-methyl/N-ethyl adjacent to an activating group) is 1. The lowest BCUT2D eigenvalue weighted by Crippen LogP contribution is -2.34. The number of nitrogens with one attached hydrogen (secondary N) is 1. The fourth-order valence-corrected chi connectivity index (χ4v) is 3.20. The second kappa shape index (κ2) is 7.32. The number of aromatic nitrogens is 1. The third-order valence-electron chi connectivity index (χ3n) is 3.41. The van der Waals surface area contributed by atoms with Crippen LogP contribution in [0.5, 0.6) is 0 Å². The Morgan fingerprint density at radius 3 is 2.64 bits per heavy atom. The minimum Gasteiger partial charge on any atom is -0.307 e. The first-order valence-electron chi connectivity index (χ1n) is 7.03. The summed E-state index contributed by atoms with van der Waals surface area (Å²) in [4.78, 5) is 4.65. The van der Waals surface area contributed by atoms with Crippen LogP contribution in [-0.4, -0.2) is 44.1 Å². The normalized spacial score (nSPS) is 13.5. The minimum atomic E-state index is -3.12. The number of benzene rings is 1. The molecule has 7 heteroatoms. The van der Waals surface area contributed by atoms with Crippen LogP contribution in [0.4, 0.5) is 0 Å². The second-order valence-corrected chi connectivity index (χ2v) is 8.18. The molecule has 2 rings (SSSR count). The number of nitrogens with zero attached hydrogens (tertiary/aromatic N) is 2. The van der Waals surface area contributed by atoms with Gasteiger partial charge < -0.3 is 5.32 Å². The molecule has 0 fully saturated rings. The van der Waals surface area contributed by atoms with Gasteiger partial charge in [0.15, 0.2) is 0 Å². The van der Waals surface area contributed by atoms with Crippen LogP contribution < -0.4 is 5.32 Å². The third-order valence-corrected chi connectivity index (χ3v) is 5.75. The molecule has 120 valence electrons. The summed E-state index contributed by atoms with van der Waals surface area (Å²) in [5, 5.41) is 6.36. The quantitative estimate of drug-likeness (QED) is 0.841. The Morgan fingerprint density at radius 2 is 2.00 bits per heavy atom. The maximum absolute atomic E-state index is 11.3. The van der Waals surface area contributed by atoms with Crippen molar-refractivity contribution in [3.05, 3.63) is 40.7 Å². The predicted molar refractivity (Wildman–Crippen MR) is 91.4 cm³/mol. The Morgan fingerprint density at radius 1 is 1.32 bits per heavy atom. The Hall–Kier alpha value is -1.28. The summed E-state index contributed by atoms with van der Waals surface area (Å²) in [6, 6.07) is 10.2.